The molecule has 2 aromatic heterocycles. The van der Waals surface area contributed by atoms with Gasteiger partial charge >= 0.3 is 0 Å². The van der Waals surface area contributed by atoms with Gasteiger partial charge in [-0.15, -0.1) is 0 Å². The summed E-state index contributed by atoms with van der Waals surface area (Å²) in [6, 6.07) is 5.54. The van der Waals surface area contributed by atoms with Crippen LogP contribution in [-0.4, -0.2) is 32.4 Å². The van der Waals surface area contributed by atoms with Crippen molar-refractivity contribution < 1.29 is 9.21 Å². The maximum absolute atomic E-state index is 12.8. The lowest BCUT2D eigenvalue weighted by molar-refractivity contribution is 0.0780. The molecule has 3 aromatic rings. The number of aryl methyl sites for hydroxylation is 1. The molecule has 4 rings (SSSR count). The summed E-state index contributed by atoms with van der Waals surface area (Å²) in [5.41, 5.74) is 2.15. The van der Waals surface area contributed by atoms with Crippen molar-refractivity contribution in [2.45, 2.75) is 58.0 Å². The molecule has 0 N–H and O–H groups in total. The standard InChI is InChI=1S/C21H26N4O2/c1-3-25-12-11-22-19(25)14-24(2)21(26)16-9-10-17-18(13-16)27-20(23-17)15-7-5-4-6-8-15/h9-13,15H,3-8,14H2,1-2H3. The fourth-order valence-electron chi connectivity index (χ4n) is 3.88. The van der Waals surface area contributed by atoms with Gasteiger partial charge in [-0.3, -0.25) is 4.79 Å². The molecule has 1 saturated carbocycles. The second-order valence-corrected chi connectivity index (χ2v) is 7.36. The van der Waals surface area contributed by atoms with Crippen LogP contribution in [0.3, 0.4) is 0 Å². The average Bonchev–Trinajstić information content (AvgIpc) is 3.33. The minimum absolute atomic E-state index is 0.0434. The van der Waals surface area contributed by atoms with Gasteiger partial charge < -0.3 is 13.9 Å². The number of fused-ring (bicyclic) bond motifs is 1. The molecule has 1 aromatic carbocycles. The van der Waals surface area contributed by atoms with Crippen molar-refractivity contribution in [1.29, 1.82) is 0 Å². The van der Waals surface area contributed by atoms with Gasteiger partial charge in [-0.05, 0) is 38.0 Å². The van der Waals surface area contributed by atoms with Gasteiger partial charge in [0.15, 0.2) is 11.5 Å². The monoisotopic (exact) mass is 366 g/mol. The predicted octanol–water partition coefficient (Wildman–Crippen LogP) is 4.36. The Hall–Kier alpha value is -2.63. The first-order valence-electron chi connectivity index (χ1n) is 9.81. The molecule has 1 aliphatic carbocycles. The zero-order valence-corrected chi connectivity index (χ0v) is 16.0. The highest BCUT2D eigenvalue weighted by atomic mass is 16.3. The first-order valence-corrected chi connectivity index (χ1v) is 9.81. The van der Waals surface area contributed by atoms with Gasteiger partial charge in [-0.2, -0.15) is 0 Å². The second kappa shape index (κ2) is 7.55. The zero-order chi connectivity index (χ0) is 18.8. The fourth-order valence-corrected chi connectivity index (χ4v) is 3.88. The molecule has 0 radical (unpaired) electrons. The van der Waals surface area contributed by atoms with E-state index < -0.39 is 0 Å². The summed E-state index contributed by atoms with van der Waals surface area (Å²) >= 11 is 0. The predicted molar refractivity (Wildman–Crippen MR) is 104 cm³/mol. The molecule has 0 saturated heterocycles. The number of hydrogen-bond acceptors (Lipinski definition) is 4. The molecule has 1 fully saturated rings. The molecule has 0 atom stereocenters. The van der Waals surface area contributed by atoms with E-state index >= 15 is 0 Å². The summed E-state index contributed by atoms with van der Waals surface area (Å²) in [6.07, 6.45) is 9.78. The summed E-state index contributed by atoms with van der Waals surface area (Å²) in [6.45, 7) is 3.38. The summed E-state index contributed by atoms with van der Waals surface area (Å²) in [4.78, 5) is 23.5. The van der Waals surface area contributed by atoms with E-state index in [0.717, 1.165) is 36.6 Å². The maximum Gasteiger partial charge on any atom is 0.254 e. The molecule has 0 aliphatic heterocycles. The lowest BCUT2D eigenvalue weighted by Gasteiger charge is -2.17. The number of nitrogens with zero attached hydrogens (tertiary/aromatic N) is 4. The van der Waals surface area contributed by atoms with Crippen molar-refractivity contribution in [3.63, 3.8) is 0 Å². The summed E-state index contributed by atoms with van der Waals surface area (Å²) in [5, 5.41) is 0. The molecular formula is C21H26N4O2. The SMILES string of the molecule is CCn1ccnc1CN(C)C(=O)c1ccc2nc(C3CCCCC3)oc2c1. The van der Waals surface area contributed by atoms with Gasteiger partial charge in [0, 0.05) is 37.5 Å². The summed E-state index contributed by atoms with van der Waals surface area (Å²) < 4.78 is 8.06. The number of benzene rings is 1. The molecule has 1 aliphatic rings. The van der Waals surface area contributed by atoms with Crippen molar-refractivity contribution in [1.82, 2.24) is 19.4 Å². The van der Waals surface area contributed by atoms with Crippen LogP contribution in [0.4, 0.5) is 0 Å². The molecule has 1 amide bonds. The van der Waals surface area contributed by atoms with Crippen LogP contribution in [0.5, 0.6) is 0 Å². The van der Waals surface area contributed by atoms with Gasteiger partial charge in [0.25, 0.3) is 5.91 Å². The van der Waals surface area contributed by atoms with Crippen molar-refractivity contribution in [3.8, 4) is 0 Å². The van der Waals surface area contributed by atoms with E-state index in [9.17, 15) is 4.79 Å². The topological polar surface area (TPSA) is 64.2 Å². The second-order valence-electron chi connectivity index (χ2n) is 7.36. The van der Waals surface area contributed by atoms with Crippen LogP contribution in [0.15, 0.2) is 35.0 Å². The Morgan fingerprint density at radius 2 is 2.11 bits per heavy atom. The van der Waals surface area contributed by atoms with Gasteiger partial charge in [0.2, 0.25) is 0 Å². The van der Waals surface area contributed by atoms with E-state index in [2.05, 4.69) is 16.9 Å². The molecule has 0 unspecified atom stereocenters. The Bertz CT molecular complexity index is 937. The Kier molecular flexibility index (Phi) is 4.97. The third-order valence-corrected chi connectivity index (χ3v) is 5.47. The molecule has 6 nitrogen and oxygen atoms in total. The number of oxazole rings is 1. The normalized spacial score (nSPS) is 15.3. The van der Waals surface area contributed by atoms with Gasteiger partial charge in [-0.1, -0.05) is 19.3 Å². The largest absolute Gasteiger partial charge is 0.440 e. The molecule has 0 spiro atoms. The molecule has 27 heavy (non-hydrogen) atoms. The smallest absolute Gasteiger partial charge is 0.254 e. The van der Waals surface area contributed by atoms with Crippen LogP contribution in [0.25, 0.3) is 11.1 Å². The molecule has 0 bridgehead atoms. The van der Waals surface area contributed by atoms with Gasteiger partial charge in [-0.25, -0.2) is 9.97 Å². The number of imidazole rings is 1. The highest BCUT2D eigenvalue weighted by molar-refractivity contribution is 5.96. The van der Waals surface area contributed by atoms with E-state index in [1.165, 1.54) is 19.3 Å². The minimum atomic E-state index is -0.0434. The van der Waals surface area contributed by atoms with Crippen molar-refractivity contribution in [2.24, 2.45) is 0 Å². The van der Waals surface area contributed by atoms with Gasteiger partial charge in [0.1, 0.15) is 11.3 Å². The van der Waals surface area contributed by atoms with E-state index in [1.54, 1.807) is 18.1 Å². The summed E-state index contributed by atoms with van der Waals surface area (Å²) in [7, 11) is 1.80. The maximum atomic E-state index is 12.8. The first kappa shape index (κ1) is 17.8. The number of hydrogen-bond donors (Lipinski definition) is 0. The van der Waals surface area contributed by atoms with Crippen molar-refractivity contribution >= 4 is 17.0 Å². The van der Waals surface area contributed by atoms with E-state index in [1.807, 2.05) is 29.0 Å². The zero-order valence-electron chi connectivity index (χ0n) is 16.0. The van der Waals surface area contributed by atoms with E-state index in [4.69, 9.17) is 4.42 Å². The van der Waals surface area contributed by atoms with Crippen LogP contribution < -0.4 is 0 Å². The lowest BCUT2D eigenvalue weighted by Crippen LogP contribution is -2.27. The minimum Gasteiger partial charge on any atom is -0.440 e. The number of rotatable bonds is 5. The van der Waals surface area contributed by atoms with E-state index in [-0.39, 0.29) is 5.91 Å². The number of aromatic nitrogens is 3. The Morgan fingerprint density at radius 1 is 1.30 bits per heavy atom. The number of amides is 1. The number of carbonyl (C=O) groups excluding carboxylic acids is 1. The fraction of sp³-hybridized carbons (Fsp3) is 0.476. The van der Waals surface area contributed by atoms with Crippen LogP contribution in [0, 0.1) is 0 Å². The third-order valence-electron chi connectivity index (χ3n) is 5.47. The van der Waals surface area contributed by atoms with E-state index in [0.29, 0.717) is 23.6 Å². The molecule has 6 heteroatoms. The number of carbonyl (C=O) groups is 1. The third kappa shape index (κ3) is 3.61. The van der Waals surface area contributed by atoms with Crippen LogP contribution in [0.2, 0.25) is 0 Å². The Labute approximate surface area is 159 Å². The van der Waals surface area contributed by atoms with Crippen LogP contribution in [-0.2, 0) is 13.1 Å². The Balaban J connectivity index is 1.53. The van der Waals surface area contributed by atoms with Crippen LogP contribution >= 0.6 is 0 Å². The molecular weight excluding hydrogens is 340 g/mol. The first-order chi connectivity index (χ1) is 13.2. The molecule has 142 valence electrons. The highest BCUT2D eigenvalue weighted by Crippen LogP contribution is 2.33. The Morgan fingerprint density at radius 3 is 2.89 bits per heavy atom. The lowest BCUT2D eigenvalue weighted by atomic mass is 9.89. The quantitative estimate of drug-likeness (QED) is 0.673. The van der Waals surface area contributed by atoms with Crippen molar-refractivity contribution in [3.05, 3.63) is 47.9 Å². The van der Waals surface area contributed by atoms with Crippen molar-refractivity contribution in [2.75, 3.05) is 7.05 Å². The highest BCUT2D eigenvalue weighted by Gasteiger charge is 2.22. The molecule has 2 heterocycles. The van der Waals surface area contributed by atoms with Gasteiger partial charge in [0.05, 0.1) is 6.54 Å². The average molecular weight is 366 g/mol. The van der Waals surface area contributed by atoms with Crippen LogP contribution in [0.1, 0.15) is 67.0 Å². The summed E-state index contributed by atoms with van der Waals surface area (Å²) in [5.74, 6) is 2.08.